The van der Waals surface area contributed by atoms with Crippen LogP contribution in [0.3, 0.4) is 0 Å². The predicted molar refractivity (Wildman–Crippen MR) is 77.1 cm³/mol. The van der Waals surface area contributed by atoms with Crippen LogP contribution in [0.4, 0.5) is 0 Å². The topological polar surface area (TPSA) is 18.5 Å². The molecule has 0 saturated carbocycles. The number of hydrogen-bond donors (Lipinski definition) is 0. The van der Waals surface area contributed by atoms with Crippen LogP contribution in [0, 0.1) is 5.92 Å². The Morgan fingerprint density at radius 2 is 2.00 bits per heavy atom. The van der Waals surface area contributed by atoms with E-state index in [2.05, 4.69) is 32.0 Å². The fourth-order valence-electron chi connectivity index (χ4n) is 2.99. The molecule has 3 rings (SSSR count). The molecule has 1 saturated heterocycles. The summed E-state index contributed by atoms with van der Waals surface area (Å²) in [6.07, 6.45) is 2.12. The van der Waals surface area contributed by atoms with E-state index in [0.717, 1.165) is 38.4 Å². The summed E-state index contributed by atoms with van der Waals surface area (Å²) >= 11 is 6.68. The van der Waals surface area contributed by atoms with E-state index in [9.17, 15) is 0 Å². The van der Waals surface area contributed by atoms with Gasteiger partial charge in [-0.05, 0) is 36.5 Å². The van der Waals surface area contributed by atoms with Gasteiger partial charge < -0.3 is 9.47 Å². The molecule has 0 aromatic heterocycles. The first-order valence-electron chi connectivity index (χ1n) is 7.07. The second-order valence-electron chi connectivity index (χ2n) is 6.28. The van der Waals surface area contributed by atoms with Gasteiger partial charge in [-0.15, -0.1) is 11.6 Å². The van der Waals surface area contributed by atoms with Gasteiger partial charge in [0, 0.05) is 24.2 Å². The van der Waals surface area contributed by atoms with Crippen LogP contribution in [0.1, 0.15) is 43.2 Å². The number of benzene rings is 1. The van der Waals surface area contributed by atoms with Gasteiger partial charge in [-0.3, -0.25) is 0 Å². The molecule has 2 nitrogen and oxygen atoms in total. The van der Waals surface area contributed by atoms with Gasteiger partial charge in [0.25, 0.3) is 0 Å². The molecule has 0 aliphatic carbocycles. The molecule has 19 heavy (non-hydrogen) atoms. The lowest BCUT2D eigenvalue weighted by Crippen LogP contribution is -2.20. The normalized spacial score (nSPS) is 23.7. The molecule has 0 radical (unpaired) electrons. The van der Waals surface area contributed by atoms with Gasteiger partial charge in [0.15, 0.2) is 0 Å². The van der Waals surface area contributed by atoms with Crippen molar-refractivity contribution in [1.29, 1.82) is 0 Å². The van der Waals surface area contributed by atoms with Crippen molar-refractivity contribution in [3.63, 3.8) is 0 Å². The Labute approximate surface area is 120 Å². The SMILES string of the molecule is CC1(C)COc2ccc(C(Cl)C3CCOCC3)cc21. The van der Waals surface area contributed by atoms with Gasteiger partial charge in [-0.1, -0.05) is 19.9 Å². The number of ether oxygens (including phenoxy) is 2. The molecule has 0 amide bonds. The van der Waals surface area contributed by atoms with Crippen LogP contribution in [0.2, 0.25) is 0 Å². The highest BCUT2D eigenvalue weighted by Crippen LogP contribution is 2.42. The van der Waals surface area contributed by atoms with Crippen molar-refractivity contribution in [3.8, 4) is 5.75 Å². The third-order valence-electron chi connectivity index (χ3n) is 4.32. The number of fused-ring (bicyclic) bond motifs is 1. The summed E-state index contributed by atoms with van der Waals surface area (Å²) < 4.78 is 11.1. The van der Waals surface area contributed by atoms with Gasteiger partial charge in [-0.25, -0.2) is 0 Å². The molecule has 2 aliphatic heterocycles. The lowest BCUT2D eigenvalue weighted by Gasteiger charge is -2.27. The van der Waals surface area contributed by atoms with Crippen LogP contribution >= 0.6 is 11.6 Å². The Hall–Kier alpha value is -0.730. The molecule has 2 aliphatic rings. The molecule has 0 spiro atoms. The Bertz CT molecular complexity index is 464. The first-order valence-corrected chi connectivity index (χ1v) is 7.50. The van der Waals surface area contributed by atoms with E-state index in [1.165, 1.54) is 11.1 Å². The van der Waals surface area contributed by atoms with Gasteiger partial charge in [0.2, 0.25) is 0 Å². The molecule has 1 aromatic carbocycles. The van der Waals surface area contributed by atoms with Gasteiger partial charge in [0.1, 0.15) is 5.75 Å². The van der Waals surface area contributed by atoms with Gasteiger partial charge in [0.05, 0.1) is 12.0 Å². The smallest absolute Gasteiger partial charge is 0.123 e. The first-order chi connectivity index (χ1) is 9.08. The average molecular weight is 281 g/mol. The monoisotopic (exact) mass is 280 g/mol. The first kappa shape index (κ1) is 13.3. The van der Waals surface area contributed by atoms with Crippen molar-refractivity contribution in [2.45, 2.75) is 37.5 Å². The standard InChI is InChI=1S/C16H21ClO2/c1-16(2)10-19-14-4-3-12(9-13(14)16)15(17)11-5-7-18-8-6-11/h3-4,9,11,15H,5-8,10H2,1-2H3. The van der Waals surface area contributed by atoms with Crippen molar-refractivity contribution in [3.05, 3.63) is 29.3 Å². The maximum absolute atomic E-state index is 6.68. The summed E-state index contributed by atoms with van der Waals surface area (Å²) in [6, 6.07) is 6.44. The lowest BCUT2D eigenvalue weighted by molar-refractivity contribution is 0.0650. The molecule has 0 N–H and O–H groups in total. The zero-order chi connectivity index (χ0) is 13.5. The minimum absolute atomic E-state index is 0.0885. The van der Waals surface area contributed by atoms with Crippen LogP contribution in [0.15, 0.2) is 18.2 Å². The minimum Gasteiger partial charge on any atom is -0.492 e. The van der Waals surface area contributed by atoms with E-state index < -0.39 is 0 Å². The molecule has 0 bridgehead atoms. The molecular formula is C16H21ClO2. The molecule has 1 unspecified atom stereocenters. The van der Waals surface area contributed by atoms with E-state index in [-0.39, 0.29) is 10.8 Å². The Morgan fingerprint density at radius 1 is 1.26 bits per heavy atom. The summed E-state index contributed by atoms with van der Waals surface area (Å²) in [5.74, 6) is 1.54. The predicted octanol–water partition coefficient (Wildman–Crippen LogP) is 4.06. The molecule has 1 atom stereocenters. The molecule has 1 fully saturated rings. The summed E-state index contributed by atoms with van der Waals surface area (Å²) in [7, 11) is 0. The van der Waals surface area contributed by atoms with Gasteiger partial charge >= 0.3 is 0 Å². The largest absolute Gasteiger partial charge is 0.492 e. The zero-order valence-corrected chi connectivity index (χ0v) is 12.4. The molecule has 1 aromatic rings. The molecule has 2 heterocycles. The van der Waals surface area contributed by atoms with Crippen LogP contribution in [0.5, 0.6) is 5.75 Å². The average Bonchev–Trinajstić information content (AvgIpc) is 2.74. The van der Waals surface area contributed by atoms with Crippen molar-refractivity contribution < 1.29 is 9.47 Å². The van der Waals surface area contributed by atoms with Crippen molar-refractivity contribution in [2.75, 3.05) is 19.8 Å². The van der Waals surface area contributed by atoms with Crippen molar-refractivity contribution in [2.24, 2.45) is 5.92 Å². The van der Waals surface area contributed by atoms with Crippen LogP contribution < -0.4 is 4.74 Å². The molecular weight excluding hydrogens is 260 g/mol. The summed E-state index contributed by atoms with van der Waals surface area (Å²) in [4.78, 5) is 0. The number of rotatable bonds is 2. The van der Waals surface area contributed by atoms with Crippen molar-refractivity contribution in [1.82, 2.24) is 0 Å². The summed E-state index contributed by atoms with van der Waals surface area (Å²) in [5.41, 5.74) is 2.62. The number of alkyl halides is 1. The second kappa shape index (κ2) is 4.99. The summed E-state index contributed by atoms with van der Waals surface area (Å²) in [6.45, 7) is 6.89. The van der Waals surface area contributed by atoms with E-state index in [1.807, 2.05) is 0 Å². The highest BCUT2D eigenvalue weighted by atomic mass is 35.5. The zero-order valence-electron chi connectivity index (χ0n) is 11.6. The van der Waals surface area contributed by atoms with E-state index >= 15 is 0 Å². The maximum Gasteiger partial charge on any atom is 0.123 e. The van der Waals surface area contributed by atoms with E-state index in [4.69, 9.17) is 21.1 Å². The highest BCUT2D eigenvalue weighted by Gasteiger charge is 2.33. The fourth-order valence-corrected chi connectivity index (χ4v) is 3.38. The maximum atomic E-state index is 6.68. The third kappa shape index (κ3) is 2.48. The highest BCUT2D eigenvalue weighted by molar-refractivity contribution is 6.21. The Morgan fingerprint density at radius 3 is 2.74 bits per heavy atom. The Balaban J connectivity index is 1.85. The van der Waals surface area contributed by atoms with E-state index in [1.54, 1.807) is 0 Å². The van der Waals surface area contributed by atoms with Crippen LogP contribution in [0.25, 0.3) is 0 Å². The van der Waals surface area contributed by atoms with Gasteiger partial charge in [-0.2, -0.15) is 0 Å². The van der Waals surface area contributed by atoms with Crippen LogP contribution in [-0.4, -0.2) is 19.8 Å². The molecule has 3 heteroatoms. The number of halogens is 1. The second-order valence-corrected chi connectivity index (χ2v) is 6.75. The lowest BCUT2D eigenvalue weighted by atomic mass is 9.84. The van der Waals surface area contributed by atoms with Crippen LogP contribution in [-0.2, 0) is 10.2 Å². The Kier molecular flexibility index (Phi) is 3.48. The molecule has 104 valence electrons. The minimum atomic E-state index is 0.0885. The van der Waals surface area contributed by atoms with E-state index in [0.29, 0.717) is 5.92 Å². The number of hydrogen-bond acceptors (Lipinski definition) is 2. The quantitative estimate of drug-likeness (QED) is 0.761. The van der Waals surface area contributed by atoms with Crippen molar-refractivity contribution >= 4 is 11.6 Å². The summed E-state index contributed by atoms with van der Waals surface area (Å²) in [5, 5.41) is 0.0885. The third-order valence-corrected chi connectivity index (χ3v) is 4.93. The fraction of sp³-hybridized carbons (Fsp3) is 0.625.